The highest BCUT2D eigenvalue weighted by atomic mass is 79.9. The van der Waals surface area contributed by atoms with Gasteiger partial charge in [0.2, 0.25) is 0 Å². The molecule has 0 amide bonds. The molecule has 0 unspecified atom stereocenters. The maximum atomic E-state index is 3.79. The van der Waals surface area contributed by atoms with Gasteiger partial charge >= 0.3 is 0 Å². The summed E-state index contributed by atoms with van der Waals surface area (Å²) in [7, 11) is 0. The van der Waals surface area contributed by atoms with Crippen molar-refractivity contribution in [2.24, 2.45) is 0 Å². The van der Waals surface area contributed by atoms with E-state index in [4.69, 9.17) is 0 Å². The Balaban J connectivity index is 1.67. The third-order valence-electron chi connectivity index (χ3n) is 5.41. The zero-order chi connectivity index (χ0) is 17.2. The molecule has 0 spiro atoms. The van der Waals surface area contributed by atoms with Gasteiger partial charge in [0, 0.05) is 4.47 Å². The van der Waals surface area contributed by atoms with Crippen molar-refractivity contribution in [3.63, 3.8) is 0 Å². The molecule has 128 valence electrons. The minimum absolute atomic E-state index is 1.19. The minimum atomic E-state index is 1.19. The summed E-state index contributed by atoms with van der Waals surface area (Å²) in [6.45, 7) is 2.28. The van der Waals surface area contributed by atoms with E-state index in [1.54, 1.807) is 0 Å². The normalized spacial score (nSPS) is 11.9. The maximum absolute atomic E-state index is 3.79. The Hall–Kier alpha value is -1.60. The second kappa shape index (κ2) is 7.33. The number of aryl methyl sites for hydroxylation is 1. The highest BCUT2D eigenvalue weighted by Gasteiger charge is 2.11. The fraction of sp³-hybridized carbons (Fsp3) is 0.333. The van der Waals surface area contributed by atoms with Crippen molar-refractivity contribution in [2.45, 2.75) is 51.9 Å². The van der Waals surface area contributed by atoms with Gasteiger partial charge in [-0.05, 0) is 56.8 Å². The molecule has 4 aromatic carbocycles. The Bertz CT molecular complexity index is 999. The molecule has 0 nitrogen and oxygen atoms in total. The van der Waals surface area contributed by atoms with E-state index in [0.717, 1.165) is 0 Å². The van der Waals surface area contributed by atoms with E-state index in [-0.39, 0.29) is 0 Å². The van der Waals surface area contributed by atoms with Crippen LogP contribution in [0.1, 0.15) is 51.0 Å². The standard InChI is InChI=1S/C24H25Br/c1-2-3-4-5-6-7-9-17-14-19-13-12-18-10-8-11-21-22(25)16-20(15-17)23(19)24(18)21/h8,10-16H,2-7,9H2,1H3. The van der Waals surface area contributed by atoms with Gasteiger partial charge in [-0.25, -0.2) is 0 Å². The smallest absolute Gasteiger partial charge is 0.0260 e. The predicted molar refractivity (Wildman–Crippen MR) is 115 cm³/mol. The monoisotopic (exact) mass is 392 g/mol. The third-order valence-corrected chi connectivity index (χ3v) is 6.06. The van der Waals surface area contributed by atoms with Crippen molar-refractivity contribution < 1.29 is 0 Å². The van der Waals surface area contributed by atoms with Crippen LogP contribution >= 0.6 is 15.9 Å². The molecule has 0 N–H and O–H groups in total. The number of rotatable bonds is 7. The molecule has 4 rings (SSSR count). The minimum Gasteiger partial charge on any atom is -0.0654 e. The molecule has 1 heteroatoms. The Morgan fingerprint density at radius 3 is 2.36 bits per heavy atom. The Kier molecular flexibility index (Phi) is 4.94. The van der Waals surface area contributed by atoms with Gasteiger partial charge in [0.05, 0.1) is 0 Å². The van der Waals surface area contributed by atoms with Crippen molar-refractivity contribution in [2.75, 3.05) is 0 Å². The lowest BCUT2D eigenvalue weighted by Gasteiger charge is -2.14. The number of unbranched alkanes of at least 4 members (excludes halogenated alkanes) is 5. The fourth-order valence-corrected chi connectivity index (χ4v) is 4.70. The molecule has 0 radical (unpaired) electrons. The maximum Gasteiger partial charge on any atom is 0.0260 e. The van der Waals surface area contributed by atoms with Crippen LogP contribution in [-0.2, 0) is 6.42 Å². The van der Waals surface area contributed by atoms with E-state index in [2.05, 4.69) is 71.4 Å². The average Bonchev–Trinajstić information content (AvgIpc) is 2.63. The molecule has 0 bridgehead atoms. The molecule has 0 saturated carbocycles. The van der Waals surface area contributed by atoms with Crippen LogP contribution in [0.4, 0.5) is 0 Å². The number of benzene rings is 4. The predicted octanol–water partition coefficient (Wildman–Crippen LogP) is 8.25. The van der Waals surface area contributed by atoms with Crippen molar-refractivity contribution in [1.82, 2.24) is 0 Å². The first-order chi connectivity index (χ1) is 12.3. The summed E-state index contributed by atoms with van der Waals surface area (Å²) in [5, 5.41) is 8.22. The van der Waals surface area contributed by atoms with Crippen LogP contribution in [0.15, 0.2) is 53.0 Å². The van der Waals surface area contributed by atoms with E-state index in [9.17, 15) is 0 Å². The molecule has 0 aliphatic carbocycles. The van der Waals surface area contributed by atoms with E-state index in [1.165, 1.54) is 87.3 Å². The largest absolute Gasteiger partial charge is 0.0654 e. The number of hydrogen-bond donors (Lipinski definition) is 0. The van der Waals surface area contributed by atoms with Crippen molar-refractivity contribution >= 4 is 48.2 Å². The van der Waals surface area contributed by atoms with Gasteiger partial charge in [-0.15, -0.1) is 0 Å². The second-order valence-corrected chi connectivity index (χ2v) is 8.12. The molecule has 0 aliphatic rings. The number of halogens is 1. The molecule has 4 aromatic rings. The van der Waals surface area contributed by atoms with Gasteiger partial charge in [-0.3, -0.25) is 0 Å². The summed E-state index contributed by atoms with van der Waals surface area (Å²) in [6, 6.07) is 18.3. The quantitative estimate of drug-likeness (QED) is 0.219. The highest BCUT2D eigenvalue weighted by molar-refractivity contribution is 9.10. The van der Waals surface area contributed by atoms with Gasteiger partial charge in [0.25, 0.3) is 0 Å². The molecule has 0 heterocycles. The van der Waals surface area contributed by atoms with Crippen molar-refractivity contribution in [1.29, 1.82) is 0 Å². The lowest BCUT2D eigenvalue weighted by molar-refractivity contribution is 0.608. The molecular weight excluding hydrogens is 368 g/mol. The molecular formula is C24H25Br. The molecule has 0 saturated heterocycles. The SMILES string of the molecule is CCCCCCCCc1cc2ccc3cccc4c(Br)cc(c1)c2c34. The second-order valence-electron chi connectivity index (χ2n) is 7.26. The Labute approximate surface area is 158 Å². The highest BCUT2D eigenvalue weighted by Crippen LogP contribution is 2.39. The zero-order valence-electron chi connectivity index (χ0n) is 14.9. The van der Waals surface area contributed by atoms with Gasteiger partial charge in [0.1, 0.15) is 0 Å². The van der Waals surface area contributed by atoms with Crippen LogP contribution in [0.2, 0.25) is 0 Å². The molecule has 25 heavy (non-hydrogen) atoms. The average molecular weight is 393 g/mol. The van der Waals surface area contributed by atoms with Crippen LogP contribution in [-0.4, -0.2) is 0 Å². The Morgan fingerprint density at radius 1 is 0.720 bits per heavy atom. The van der Waals surface area contributed by atoms with E-state index < -0.39 is 0 Å². The first-order valence-corrected chi connectivity index (χ1v) is 10.4. The lowest BCUT2D eigenvalue weighted by atomic mass is 9.92. The van der Waals surface area contributed by atoms with Crippen LogP contribution in [0.5, 0.6) is 0 Å². The van der Waals surface area contributed by atoms with E-state index >= 15 is 0 Å². The van der Waals surface area contributed by atoms with Gasteiger partial charge in [-0.1, -0.05) is 97.4 Å². The van der Waals surface area contributed by atoms with Gasteiger partial charge in [0.15, 0.2) is 0 Å². The van der Waals surface area contributed by atoms with Crippen molar-refractivity contribution in [3.8, 4) is 0 Å². The van der Waals surface area contributed by atoms with Gasteiger partial charge < -0.3 is 0 Å². The topological polar surface area (TPSA) is 0 Å². The van der Waals surface area contributed by atoms with Gasteiger partial charge in [-0.2, -0.15) is 0 Å². The summed E-state index contributed by atoms with van der Waals surface area (Å²) in [6.07, 6.45) is 9.34. The van der Waals surface area contributed by atoms with E-state index in [1.807, 2.05) is 0 Å². The van der Waals surface area contributed by atoms with Crippen molar-refractivity contribution in [3.05, 3.63) is 58.6 Å². The summed E-state index contributed by atoms with van der Waals surface area (Å²) in [5.74, 6) is 0. The molecule has 0 aromatic heterocycles. The first-order valence-electron chi connectivity index (χ1n) is 9.64. The molecule has 0 aliphatic heterocycles. The number of hydrogen-bond acceptors (Lipinski definition) is 0. The van der Waals surface area contributed by atoms with E-state index in [0.29, 0.717) is 0 Å². The third kappa shape index (κ3) is 3.27. The van der Waals surface area contributed by atoms with Crippen LogP contribution in [0.3, 0.4) is 0 Å². The van der Waals surface area contributed by atoms with Crippen LogP contribution in [0, 0.1) is 0 Å². The lowest BCUT2D eigenvalue weighted by Crippen LogP contribution is -1.90. The fourth-order valence-electron chi connectivity index (χ4n) is 4.12. The molecule has 0 atom stereocenters. The summed E-state index contributed by atoms with van der Waals surface area (Å²) in [5.41, 5.74) is 1.48. The molecule has 0 fully saturated rings. The summed E-state index contributed by atoms with van der Waals surface area (Å²) >= 11 is 3.79. The zero-order valence-corrected chi connectivity index (χ0v) is 16.5. The van der Waals surface area contributed by atoms with Crippen LogP contribution < -0.4 is 0 Å². The summed E-state index contributed by atoms with van der Waals surface area (Å²) < 4.78 is 1.20. The first kappa shape index (κ1) is 16.8. The Morgan fingerprint density at radius 2 is 1.48 bits per heavy atom. The van der Waals surface area contributed by atoms with Crippen LogP contribution in [0.25, 0.3) is 32.3 Å². The summed E-state index contributed by atoms with van der Waals surface area (Å²) in [4.78, 5) is 0.